The zero-order chi connectivity index (χ0) is 11.3. The van der Waals surface area contributed by atoms with Crippen LogP contribution in [0.15, 0.2) is 18.2 Å². The number of halogens is 2. The molecule has 0 aromatic heterocycles. The van der Waals surface area contributed by atoms with Gasteiger partial charge in [-0.15, -0.1) is 0 Å². The second-order valence-electron chi connectivity index (χ2n) is 2.99. The van der Waals surface area contributed by atoms with E-state index >= 15 is 0 Å². The largest absolute Gasteiger partial charge is 0.394 e. The molecule has 3 nitrogen and oxygen atoms in total. The van der Waals surface area contributed by atoms with Gasteiger partial charge in [0.05, 0.1) is 24.3 Å². The third-order valence-electron chi connectivity index (χ3n) is 1.94. The first-order chi connectivity index (χ1) is 7.19. The van der Waals surface area contributed by atoms with Crippen LogP contribution in [0.1, 0.15) is 11.7 Å². The average Bonchev–Trinajstić information content (AvgIpc) is 2.24. The lowest BCUT2D eigenvalue weighted by Gasteiger charge is -2.15. The summed E-state index contributed by atoms with van der Waals surface area (Å²) >= 11 is 5.55. The average molecular weight is 234 g/mol. The summed E-state index contributed by atoms with van der Waals surface area (Å²) in [5.74, 6) is -0.500. The van der Waals surface area contributed by atoms with Gasteiger partial charge in [0, 0.05) is 6.54 Å². The fraction of sp³-hybridized carbons (Fsp3) is 0.400. The van der Waals surface area contributed by atoms with Crippen LogP contribution in [0, 0.1) is 5.82 Å². The van der Waals surface area contributed by atoms with E-state index in [0.717, 1.165) is 0 Å². The molecular weight excluding hydrogens is 221 g/mol. The summed E-state index contributed by atoms with van der Waals surface area (Å²) in [5.41, 5.74) is 6.09. The molecule has 0 amide bonds. The molecule has 0 saturated heterocycles. The monoisotopic (exact) mass is 233 g/mol. The minimum Gasteiger partial charge on any atom is -0.394 e. The van der Waals surface area contributed by atoms with Crippen molar-refractivity contribution in [1.82, 2.24) is 0 Å². The molecule has 3 N–H and O–H groups in total. The molecule has 0 bridgehead atoms. The van der Waals surface area contributed by atoms with Gasteiger partial charge in [-0.3, -0.25) is 0 Å². The Balaban J connectivity index is 2.78. The van der Waals surface area contributed by atoms with E-state index < -0.39 is 11.9 Å². The van der Waals surface area contributed by atoms with Crippen LogP contribution in [0.2, 0.25) is 5.02 Å². The zero-order valence-electron chi connectivity index (χ0n) is 8.12. The highest BCUT2D eigenvalue weighted by molar-refractivity contribution is 6.30. The first-order valence-corrected chi connectivity index (χ1v) is 4.94. The first-order valence-electron chi connectivity index (χ1n) is 4.56. The first kappa shape index (κ1) is 12.4. The summed E-state index contributed by atoms with van der Waals surface area (Å²) in [4.78, 5) is 0. The molecular formula is C10H13ClFNO2. The number of ether oxygens (including phenoxy) is 1. The summed E-state index contributed by atoms with van der Waals surface area (Å²) in [6.45, 7) is 0.305. The van der Waals surface area contributed by atoms with Crippen molar-refractivity contribution >= 4 is 11.6 Å². The highest BCUT2D eigenvalue weighted by atomic mass is 35.5. The Morgan fingerprint density at radius 1 is 1.53 bits per heavy atom. The highest BCUT2D eigenvalue weighted by Crippen LogP contribution is 2.21. The van der Waals surface area contributed by atoms with Crippen molar-refractivity contribution < 1.29 is 14.2 Å². The molecule has 1 rings (SSSR count). The molecule has 1 unspecified atom stereocenters. The van der Waals surface area contributed by atoms with Crippen LogP contribution in [0.5, 0.6) is 0 Å². The molecule has 0 aliphatic carbocycles. The van der Waals surface area contributed by atoms with Crippen LogP contribution < -0.4 is 5.73 Å². The lowest BCUT2D eigenvalue weighted by atomic mass is 10.1. The molecule has 5 heteroatoms. The van der Waals surface area contributed by atoms with E-state index in [0.29, 0.717) is 5.56 Å². The SMILES string of the molecule is NCC(OCCO)c1ccc(Cl)c(F)c1. The van der Waals surface area contributed by atoms with E-state index in [4.69, 9.17) is 27.2 Å². The van der Waals surface area contributed by atoms with Gasteiger partial charge in [0.15, 0.2) is 0 Å². The summed E-state index contributed by atoms with van der Waals surface area (Å²) in [6.07, 6.45) is -0.413. The fourth-order valence-electron chi connectivity index (χ4n) is 1.21. The summed E-state index contributed by atoms with van der Waals surface area (Å²) in [6, 6.07) is 4.40. The Morgan fingerprint density at radius 3 is 2.80 bits per heavy atom. The van der Waals surface area contributed by atoms with Gasteiger partial charge < -0.3 is 15.6 Å². The van der Waals surface area contributed by atoms with Crippen molar-refractivity contribution in [3.05, 3.63) is 34.6 Å². The number of benzene rings is 1. The molecule has 0 aliphatic rings. The summed E-state index contributed by atoms with van der Waals surface area (Å²) in [7, 11) is 0. The number of hydrogen-bond donors (Lipinski definition) is 2. The maximum Gasteiger partial charge on any atom is 0.142 e. The number of aliphatic hydroxyl groups excluding tert-OH is 1. The molecule has 0 fully saturated rings. The third-order valence-corrected chi connectivity index (χ3v) is 2.25. The van der Waals surface area contributed by atoms with Gasteiger partial charge >= 0.3 is 0 Å². The predicted molar refractivity (Wildman–Crippen MR) is 56.2 cm³/mol. The molecule has 1 atom stereocenters. The van der Waals surface area contributed by atoms with Gasteiger partial charge in [0.1, 0.15) is 5.82 Å². The lowest BCUT2D eigenvalue weighted by Crippen LogP contribution is -2.17. The van der Waals surface area contributed by atoms with E-state index in [-0.39, 0.29) is 24.8 Å². The molecule has 0 saturated carbocycles. The van der Waals surface area contributed by atoms with Crippen molar-refractivity contribution in [3.8, 4) is 0 Å². The lowest BCUT2D eigenvalue weighted by molar-refractivity contribution is 0.0327. The summed E-state index contributed by atoms with van der Waals surface area (Å²) in [5, 5.41) is 8.66. The van der Waals surface area contributed by atoms with Gasteiger partial charge in [0.2, 0.25) is 0 Å². The number of nitrogens with two attached hydrogens (primary N) is 1. The van der Waals surface area contributed by atoms with Gasteiger partial charge in [-0.2, -0.15) is 0 Å². The van der Waals surface area contributed by atoms with Crippen LogP contribution in [0.3, 0.4) is 0 Å². The van der Waals surface area contributed by atoms with E-state index in [9.17, 15) is 4.39 Å². The Kier molecular flexibility index (Phi) is 4.98. The number of aliphatic hydroxyl groups is 1. The molecule has 15 heavy (non-hydrogen) atoms. The fourth-order valence-corrected chi connectivity index (χ4v) is 1.33. The molecule has 0 radical (unpaired) electrons. The Morgan fingerprint density at radius 2 is 2.27 bits per heavy atom. The smallest absolute Gasteiger partial charge is 0.142 e. The quantitative estimate of drug-likeness (QED) is 0.810. The van der Waals surface area contributed by atoms with Crippen LogP contribution in [0.4, 0.5) is 4.39 Å². The van der Waals surface area contributed by atoms with Gasteiger partial charge in [-0.1, -0.05) is 17.7 Å². The van der Waals surface area contributed by atoms with Crippen molar-refractivity contribution in [3.63, 3.8) is 0 Å². The normalized spacial score (nSPS) is 12.8. The minimum atomic E-state index is -0.500. The van der Waals surface area contributed by atoms with Crippen LogP contribution in [0.25, 0.3) is 0 Å². The molecule has 0 aliphatic heterocycles. The Bertz CT molecular complexity index is 322. The second kappa shape index (κ2) is 6.02. The van der Waals surface area contributed by atoms with E-state index in [1.807, 2.05) is 0 Å². The molecule has 0 spiro atoms. The molecule has 1 aromatic carbocycles. The van der Waals surface area contributed by atoms with Gasteiger partial charge in [-0.05, 0) is 17.7 Å². The van der Waals surface area contributed by atoms with E-state index in [2.05, 4.69) is 0 Å². The van der Waals surface area contributed by atoms with Crippen LogP contribution in [-0.4, -0.2) is 24.9 Å². The van der Waals surface area contributed by atoms with Crippen molar-refractivity contribution in [2.24, 2.45) is 5.73 Å². The van der Waals surface area contributed by atoms with Crippen molar-refractivity contribution in [2.75, 3.05) is 19.8 Å². The predicted octanol–water partition coefficient (Wildman–Crippen LogP) is 1.49. The van der Waals surface area contributed by atoms with Crippen molar-refractivity contribution in [2.45, 2.75) is 6.10 Å². The minimum absolute atomic E-state index is 0.0664. The van der Waals surface area contributed by atoms with Crippen LogP contribution in [-0.2, 0) is 4.74 Å². The number of rotatable bonds is 5. The Labute approximate surface area is 92.6 Å². The zero-order valence-corrected chi connectivity index (χ0v) is 8.88. The standard InChI is InChI=1S/C10H13ClFNO2/c11-8-2-1-7(5-9(8)12)10(6-13)15-4-3-14/h1-2,5,10,14H,3-4,6,13H2. The molecule has 1 aromatic rings. The summed E-state index contributed by atoms with van der Waals surface area (Å²) < 4.78 is 18.4. The van der Waals surface area contributed by atoms with E-state index in [1.54, 1.807) is 6.07 Å². The number of hydrogen-bond acceptors (Lipinski definition) is 3. The van der Waals surface area contributed by atoms with E-state index in [1.165, 1.54) is 12.1 Å². The van der Waals surface area contributed by atoms with Gasteiger partial charge in [0.25, 0.3) is 0 Å². The molecule has 84 valence electrons. The second-order valence-corrected chi connectivity index (χ2v) is 3.40. The maximum atomic E-state index is 13.1. The third kappa shape index (κ3) is 3.43. The highest BCUT2D eigenvalue weighted by Gasteiger charge is 2.11. The maximum absolute atomic E-state index is 13.1. The topological polar surface area (TPSA) is 55.5 Å². The Hall–Kier alpha value is -0.680. The van der Waals surface area contributed by atoms with Crippen molar-refractivity contribution in [1.29, 1.82) is 0 Å². The van der Waals surface area contributed by atoms with Gasteiger partial charge in [-0.25, -0.2) is 4.39 Å². The van der Waals surface area contributed by atoms with Crippen LogP contribution >= 0.6 is 11.6 Å². The molecule has 0 heterocycles.